The van der Waals surface area contributed by atoms with E-state index >= 15 is 0 Å². The van der Waals surface area contributed by atoms with Gasteiger partial charge in [-0.1, -0.05) is 12.1 Å². The number of carbonyl (C=O) groups is 2. The molecule has 2 atom stereocenters. The van der Waals surface area contributed by atoms with Crippen LogP contribution < -0.4 is 4.74 Å². The van der Waals surface area contributed by atoms with E-state index in [0.717, 1.165) is 12.8 Å². The number of hydrogen-bond donors (Lipinski definition) is 0. The minimum atomic E-state index is -0.447. The first kappa shape index (κ1) is 15.0. The van der Waals surface area contributed by atoms with Crippen LogP contribution in [0.5, 0.6) is 5.75 Å². The lowest BCUT2D eigenvalue weighted by Gasteiger charge is -2.35. The number of nitrogens with zero attached hydrogens (tertiary/aromatic N) is 1. The van der Waals surface area contributed by atoms with Crippen molar-refractivity contribution >= 4 is 11.9 Å². The van der Waals surface area contributed by atoms with E-state index in [-0.39, 0.29) is 11.9 Å². The normalized spacial score (nSPS) is 27.5. The predicted octanol–water partition coefficient (Wildman–Crippen LogP) is 2.39. The lowest BCUT2D eigenvalue weighted by Crippen LogP contribution is -2.43. The summed E-state index contributed by atoms with van der Waals surface area (Å²) >= 11 is 0. The van der Waals surface area contributed by atoms with Crippen molar-refractivity contribution in [3.8, 4) is 5.75 Å². The van der Waals surface area contributed by atoms with Gasteiger partial charge >= 0.3 is 11.9 Å². The van der Waals surface area contributed by atoms with E-state index in [4.69, 9.17) is 9.47 Å². The third-order valence-electron chi connectivity index (χ3n) is 4.69. The van der Waals surface area contributed by atoms with Crippen LogP contribution in [0.3, 0.4) is 0 Å². The van der Waals surface area contributed by atoms with Crippen molar-refractivity contribution in [2.75, 3.05) is 7.05 Å². The molecule has 2 bridgehead atoms. The Kier molecular flexibility index (Phi) is 4.16. The molecular weight excluding hydrogens is 282 g/mol. The van der Waals surface area contributed by atoms with E-state index in [1.807, 2.05) is 0 Å². The number of fused-ring (bicyclic) bond motifs is 2. The Hall–Kier alpha value is -1.88. The summed E-state index contributed by atoms with van der Waals surface area (Å²) in [6.07, 6.45) is 4.08. The van der Waals surface area contributed by atoms with Gasteiger partial charge in [0.25, 0.3) is 0 Å². The van der Waals surface area contributed by atoms with Crippen molar-refractivity contribution < 1.29 is 19.1 Å². The van der Waals surface area contributed by atoms with Gasteiger partial charge in [-0.25, -0.2) is 4.79 Å². The standard InChI is InChI=1S/C17H21NO4/c1-11(19)21-16-6-4-3-5-15(16)17(20)22-14-9-12-7-8-13(10-14)18(12)2/h3-6,12-14H,7-10H2,1-2H3. The van der Waals surface area contributed by atoms with Gasteiger partial charge in [-0.15, -0.1) is 0 Å². The number of benzene rings is 1. The second kappa shape index (κ2) is 6.08. The summed E-state index contributed by atoms with van der Waals surface area (Å²) in [7, 11) is 2.15. The minimum absolute atomic E-state index is 0.0495. The first-order chi connectivity index (χ1) is 10.5. The topological polar surface area (TPSA) is 55.8 Å². The monoisotopic (exact) mass is 303 g/mol. The van der Waals surface area contributed by atoms with Crippen LogP contribution in [0.25, 0.3) is 0 Å². The highest BCUT2D eigenvalue weighted by Gasteiger charge is 2.40. The fourth-order valence-electron chi connectivity index (χ4n) is 3.55. The molecule has 3 rings (SSSR count). The summed E-state index contributed by atoms with van der Waals surface area (Å²) in [5.74, 6) is -0.598. The summed E-state index contributed by atoms with van der Waals surface area (Å²) < 4.78 is 10.8. The van der Waals surface area contributed by atoms with Crippen molar-refractivity contribution in [2.45, 2.75) is 50.8 Å². The summed E-state index contributed by atoms with van der Waals surface area (Å²) in [6.45, 7) is 1.32. The zero-order valence-corrected chi connectivity index (χ0v) is 13.0. The highest BCUT2D eigenvalue weighted by atomic mass is 16.6. The average molecular weight is 303 g/mol. The molecule has 2 aliphatic rings. The highest BCUT2D eigenvalue weighted by Crippen LogP contribution is 2.36. The molecule has 0 aliphatic carbocycles. The maximum Gasteiger partial charge on any atom is 0.342 e. The summed E-state index contributed by atoms with van der Waals surface area (Å²) in [4.78, 5) is 25.9. The van der Waals surface area contributed by atoms with E-state index in [1.165, 1.54) is 19.8 Å². The Morgan fingerprint density at radius 3 is 2.41 bits per heavy atom. The molecule has 5 nitrogen and oxygen atoms in total. The van der Waals surface area contributed by atoms with Crippen LogP contribution in [0.4, 0.5) is 0 Å². The number of rotatable bonds is 3. The number of hydrogen-bond acceptors (Lipinski definition) is 5. The number of carbonyl (C=O) groups excluding carboxylic acids is 2. The molecule has 2 saturated heterocycles. The van der Waals surface area contributed by atoms with E-state index in [0.29, 0.717) is 17.6 Å². The van der Waals surface area contributed by atoms with Gasteiger partial charge in [-0.3, -0.25) is 4.79 Å². The van der Waals surface area contributed by atoms with E-state index in [1.54, 1.807) is 24.3 Å². The molecule has 2 fully saturated rings. The van der Waals surface area contributed by atoms with Crippen LogP contribution in [0.15, 0.2) is 24.3 Å². The molecule has 0 N–H and O–H groups in total. The summed E-state index contributed by atoms with van der Waals surface area (Å²) in [5.41, 5.74) is 0.309. The largest absolute Gasteiger partial charge is 0.459 e. The second-order valence-corrected chi connectivity index (χ2v) is 6.14. The van der Waals surface area contributed by atoms with Crippen molar-refractivity contribution in [3.05, 3.63) is 29.8 Å². The van der Waals surface area contributed by atoms with Gasteiger partial charge in [0.1, 0.15) is 17.4 Å². The Morgan fingerprint density at radius 1 is 1.14 bits per heavy atom. The van der Waals surface area contributed by atoms with Crippen molar-refractivity contribution in [1.29, 1.82) is 0 Å². The van der Waals surface area contributed by atoms with Gasteiger partial charge in [0.05, 0.1) is 0 Å². The molecular formula is C17H21NO4. The molecule has 1 aromatic carbocycles. The Morgan fingerprint density at radius 2 is 1.77 bits per heavy atom. The van der Waals surface area contributed by atoms with Gasteiger partial charge in [0.2, 0.25) is 0 Å². The molecule has 22 heavy (non-hydrogen) atoms. The summed E-state index contributed by atoms with van der Waals surface area (Å²) in [5, 5.41) is 0. The molecule has 2 unspecified atom stereocenters. The third-order valence-corrected chi connectivity index (χ3v) is 4.69. The second-order valence-electron chi connectivity index (χ2n) is 6.14. The molecule has 5 heteroatoms. The van der Waals surface area contributed by atoms with Crippen LogP contribution in [0.1, 0.15) is 43.0 Å². The van der Waals surface area contributed by atoms with E-state index in [2.05, 4.69) is 11.9 Å². The van der Waals surface area contributed by atoms with Crippen LogP contribution in [-0.4, -0.2) is 42.1 Å². The lowest BCUT2D eigenvalue weighted by atomic mass is 10.0. The van der Waals surface area contributed by atoms with Gasteiger partial charge in [-0.05, 0) is 32.0 Å². The first-order valence-electron chi connectivity index (χ1n) is 7.75. The van der Waals surface area contributed by atoms with Gasteiger partial charge < -0.3 is 14.4 Å². The Labute approximate surface area is 130 Å². The number of ether oxygens (including phenoxy) is 2. The molecule has 2 aliphatic heterocycles. The number of piperidine rings is 1. The lowest BCUT2D eigenvalue weighted by molar-refractivity contribution is -0.131. The fourth-order valence-corrected chi connectivity index (χ4v) is 3.55. The van der Waals surface area contributed by atoms with E-state index < -0.39 is 11.9 Å². The van der Waals surface area contributed by atoms with Gasteiger partial charge in [-0.2, -0.15) is 0 Å². The first-order valence-corrected chi connectivity index (χ1v) is 7.75. The maximum absolute atomic E-state index is 12.4. The fraction of sp³-hybridized carbons (Fsp3) is 0.529. The Bertz CT molecular complexity index is 572. The van der Waals surface area contributed by atoms with Crippen LogP contribution in [0, 0.1) is 0 Å². The van der Waals surface area contributed by atoms with Crippen molar-refractivity contribution in [2.24, 2.45) is 0 Å². The highest BCUT2D eigenvalue weighted by molar-refractivity contribution is 5.93. The Balaban J connectivity index is 1.69. The van der Waals surface area contributed by atoms with Gasteiger partial charge in [0, 0.05) is 31.8 Å². The molecule has 0 aromatic heterocycles. The molecule has 0 amide bonds. The van der Waals surface area contributed by atoms with Crippen LogP contribution >= 0.6 is 0 Å². The SMILES string of the molecule is CC(=O)Oc1ccccc1C(=O)OC1CC2CCC(C1)N2C. The summed E-state index contributed by atoms with van der Waals surface area (Å²) in [6, 6.07) is 7.73. The van der Waals surface area contributed by atoms with Crippen molar-refractivity contribution in [1.82, 2.24) is 4.90 Å². The molecule has 0 radical (unpaired) electrons. The minimum Gasteiger partial charge on any atom is -0.459 e. The maximum atomic E-state index is 12.4. The number of esters is 2. The molecule has 0 spiro atoms. The zero-order valence-electron chi connectivity index (χ0n) is 13.0. The molecule has 1 aromatic rings. The van der Waals surface area contributed by atoms with Gasteiger partial charge in [0.15, 0.2) is 0 Å². The molecule has 118 valence electrons. The van der Waals surface area contributed by atoms with Crippen molar-refractivity contribution in [3.63, 3.8) is 0 Å². The zero-order chi connectivity index (χ0) is 15.7. The number of para-hydroxylation sites is 1. The van der Waals surface area contributed by atoms with Crippen LogP contribution in [-0.2, 0) is 9.53 Å². The quantitative estimate of drug-likeness (QED) is 0.634. The van der Waals surface area contributed by atoms with E-state index in [9.17, 15) is 9.59 Å². The predicted molar refractivity (Wildman–Crippen MR) is 80.8 cm³/mol. The van der Waals surface area contributed by atoms with Crippen LogP contribution in [0.2, 0.25) is 0 Å². The average Bonchev–Trinajstić information content (AvgIpc) is 2.70. The third kappa shape index (κ3) is 2.99. The molecule has 2 heterocycles. The molecule has 0 saturated carbocycles. The smallest absolute Gasteiger partial charge is 0.342 e.